The van der Waals surface area contributed by atoms with Crippen LogP contribution in [0.4, 0.5) is 0 Å². The fraction of sp³-hybridized carbons (Fsp3) is 0.500. The molecule has 1 aromatic rings. The summed E-state index contributed by atoms with van der Waals surface area (Å²) in [5.41, 5.74) is 0. The van der Waals surface area contributed by atoms with Crippen LogP contribution in [0, 0.1) is 6.92 Å². The normalized spacial score (nSPS) is 12.6. The minimum atomic E-state index is -0.282. The average Bonchev–Trinajstić information content (AvgIpc) is 2.33. The lowest BCUT2D eigenvalue weighted by molar-refractivity contribution is -0.149. The van der Waals surface area contributed by atoms with Crippen LogP contribution in [0.1, 0.15) is 25.9 Å². The van der Waals surface area contributed by atoms with E-state index in [-0.39, 0.29) is 12.2 Å². The molecule has 66 valence electrons. The van der Waals surface area contributed by atoms with Gasteiger partial charge in [0.1, 0.15) is 5.82 Å². The number of rotatable bonds is 2. The van der Waals surface area contributed by atoms with Crippen LogP contribution in [0.2, 0.25) is 0 Å². The van der Waals surface area contributed by atoms with Crippen molar-refractivity contribution < 1.29 is 9.53 Å². The van der Waals surface area contributed by atoms with Gasteiger partial charge in [-0.15, -0.1) is 0 Å². The first kappa shape index (κ1) is 8.77. The molecule has 12 heavy (non-hydrogen) atoms. The third-order valence-corrected chi connectivity index (χ3v) is 1.59. The highest BCUT2D eigenvalue weighted by Gasteiger charge is 2.08. The highest BCUT2D eigenvalue weighted by molar-refractivity contribution is 5.65. The van der Waals surface area contributed by atoms with Gasteiger partial charge < -0.3 is 4.74 Å². The van der Waals surface area contributed by atoms with Crippen molar-refractivity contribution in [1.29, 1.82) is 0 Å². The molecule has 1 rings (SSSR count). The lowest BCUT2D eigenvalue weighted by atomic mass is 10.5. The van der Waals surface area contributed by atoms with Crippen molar-refractivity contribution in [3.63, 3.8) is 0 Å². The molecule has 0 saturated heterocycles. The molecule has 4 heteroatoms. The van der Waals surface area contributed by atoms with E-state index in [1.807, 2.05) is 6.92 Å². The van der Waals surface area contributed by atoms with Crippen LogP contribution >= 0.6 is 0 Å². The molecule has 1 aromatic heterocycles. The number of ether oxygens (including phenoxy) is 1. The SMILES string of the molecule is CC(=O)OC(C)n1ccnc1C. The Labute approximate surface area is 71.2 Å². The zero-order chi connectivity index (χ0) is 9.14. The zero-order valence-electron chi connectivity index (χ0n) is 7.44. The van der Waals surface area contributed by atoms with Gasteiger partial charge in [-0.2, -0.15) is 0 Å². The van der Waals surface area contributed by atoms with Gasteiger partial charge in [0.15, 0.2) is 6.23 Å². The van der Waals surface area contributed by atoms with E-state index < -0.39 is 0 Å². The van der Waals surface area contributed by atoms with Crippen molar-refractivity contribution in [2.75, 3.05) is 0 Å². The summed E-state index contributed by atoms with van der Waals surface area (Å²) in [6, 6.07) is 0. The Balaban J connectivity index is 2.71. The first-order valence-electron chi connectivity index (χ1n) is 3.78. The van der Waals surface area contributed by atoms with Gasteiger partial charge in [-0.3, -0.25) is 9.36 Å². The van der Waals surface area contributed by atoms with Crippen molar-refractivity contribution in [2.45, 2.75) is 27.0 Å². The van der Waals surface area contributed by atoms with Gasteiger partial charge in [0.25, 0.3) is 0 Å². The minimum Gasteiger partial charge on any atom is -0.442 e. The number of imidazole rings is 1. The topological polar surface area (TPSA) is 44.1 Å². The maximum absolute atomic E-state index is 10.6. The molecule has 4 nitrogen and oxygen atoms in total. The maximum Gasteiger partial charge on any atom is 0.304 e. The summed E-state index contributed by atoms with van der Waals surface area (Å²) in [6.07, 6.45) is 3.18. The van der Waals surface area contributed by atoms with Gasteiger partial charge >= 0.3 is 5.97 Å². The summed E-state index contributed by atoms with van der Waals surface area (Å²) in [4.78, 5) is 14.6. The summed E-state index contributed by atoms with van der Waals surface area (Å²) in [5.74, 6) is 0.555. The summed E-state index contributed by atoms with van der Waals surface area (Å²) in [7, 11) is 0. The van der Waals surface area contributed by atoms with Crippen LogP contribution in [0.15, 0.2) is 12.4 Å². The van der Waals surface area contributed by atoms with Crippen molar-refractivity contribution in [3.8, 4) is 0 Å². The van der Waals surface area contributed by atoms with E-state index >= 15 is 0 Å². The first-order chi connectivity index (χ1) is 5.61. The molecule has 1 heterocycles. The van der Waals surface area contributed by atoms with Gasteiger partial charge in [-0.25, -0.2) is 4.98 Å². The van der Waals surface area contributed by atoms with Crippen molar-refractivity contribution in [3.05, 3.63) is 18.2 Å². The molecule has 0 aliphatic rings. The van der Waals surface area contributed by atoms with Gasteiger partial charge in [-0.1, -0.05) is 0 Å². The second-order valence-corrected chi connectivity index (χ2v) is 2.59. The summed E-state index contributed by atoms with van der Waals surface area (Å²) >= 11 is 0. The third kappa shape index (κ3) is 1.84. The van der Waals surface area contributed by atoms with Crippen molar-refractivity contribution >= 4 is 5.97 Å². The lowest BCUT2D eigenvalue weighted by Gasteiger charge is -2.14. The predicted molar refractivity (Wildman–Crippen MR) is 43.4 cm³/mol. The Kier molecular flexibility index (Phi) is 2.47. The molecule has 0 fully saturated rings. The number of nitrogens with zero attached hydrogens (tertiary/aromatic N) is 2. The van der Waals surface area contributed by atoms with E-state index in [1.54, 1.807) is 23.9 Å². The number of esters is 1. The van der Waals surface area contributed by atoms with Crippen molar-refractivity contribution in [2.24, 2.45) is 0 Å². The number of carbonyl (C=O) groups is 1. The highest BCUT2D eigenvalue weighted by Crippen LogP contribution is 2.09. The van der Waals surface area contributed by atoms with E-state index in [4.69, 9.17) is 4.74 Å². The average molecular weight is 168 g/mol. The van der Waals surface area contributed by atoms with Crippen molar-refractivity contribution in [1.82, 2.24) is 9.55 Å². The van der Waals surface area contributed by atoms with Crippen LogP contribution in [-0.4, -0.2) is 15.5 Å². The third-order valence-electron chi connectivity index (χ3n) is 1.59. The fourth-order valence-electron chi connectivity index (χ4n) is 1.07. The highest BCUT2D eigenvalue weighted by atomic mass is 16.6. The van der Waals surface area contributed by atoms with E-state index in [2.05, 4.69) is 4.98 Å². The Bertz CT molecular complexity index is 280. The summed E-state index contributed by atoms with van der Waals surface area (Å²) < 4.78 is 6.75. The number of aromatic nitrogens is 2. The van der Waals surface area contributed by atoms with E-state index in [9.17, 15) is 4.79 Å². The first-order valence-corrected chi connectivity index (χ1v) is 3.78. The summed E-state index contributed by atoms with van der Waals surface area (Å²) in [6.45, 7) is 5.05. The maximum atomic E-state index is 10.6. The van der Waals surface area contributed by atoms with Gasteiger partial charge in [0.05, 0.1) is 0 Å². The monoisotopic (exact) mass is 168 g/mol. The van der Waals surface area contributed by atoms with Crippen LogP contribution in [0.3, 0.4) is 0 Å². The Morgan fingerprint density at radius 1 is 1.75 bits per heavy atom. The standard InChI is InChI=1S/C8H12N2O2/c1-6-9-4-5-10(6)7(2)12-8(3)11/h4-5,7H,1-3H3. The number of hydrogen-bond acceptors (Lipinski definition) is 3. The minimum absolute atomic E-state index is 0.273. The molecular formula is C8H12N2O2. The Hall–Kier alpha value is -1.32. The molecule has 0 N–H and O–H groups in total. The van der Waals surface area contributed by atoms with E-state index in [0.29, 0.717) is 0 Å². The molecule has 0 radical (unpaired) electrons. The van der Waals surface area contributed by atoms with Gasteiger partial charge in [0.2, 0.25) is 0 Å². The van der Waals surface area contributed by atoms with Crippen LogP contribution in [0.5, 0.6) is 0 Å². The molecule has 0 saturated carbocycles. The molecule has 0 bridgehead atoms. The van der Waals surface area contributed by atoms with Crippen LogP contribution in [-0.2, 0) is 9.53 Å². The molecule has 0 spiro atoms. The number of aryl methyl sites for hydroxylation is 1. The van der Waals surface area contributed by atoms with Crippen LogP contribution < -0.4 is 0 Å². The smallest absolute Gasteiger partial charge is 0.304 e. The lowest BCUT2D eigenvalue weighted by Crippen LogP contribution is -2.12. The van der Waals surface area contributed by atoms with E-state index in [0.717, 1.165) is 5.82 Å². The summed E-state index contributed by atoms with van der Waals surface area (Å²) in [5, 5.41) is 0. The van der Waals surface area contributed by atoms with E-state index in [1.165, 1.54) is 6.92 Å². The van der Waals surface area contributed by atoms with Gasteiger partial charge in [-0.05, 0) is 13.8 Å². The molecular weight excluding hydrogens is 156 g/mol. The molecule has 1 atom stereocenters. The fourth-order valence-corrected chi connectivity index (χ4v) is 1.07. The molecule has 0 aromatic carbocycles. The Morgan fingerprint density at radius 3 is 2.83 bits per heavy atom. The zero-order valence-corrected chi connectivity index (χ0v) is 7.44. The predicted octanol–water partition coefficient (Wildman–Crippen LogP) is 1.27. The molecule has 0 aliphatic heterocycles. The quantitative estimate of drug-likeness (QED) is 0.625. The van der Waals surface area contributed by atoms with Gasteiger partial charge in [0, 0.05) is 19.3 Å². The second kappa shape index (κ2) is 3.38. The molecule has 1 unspecified atom stereocenters. The molecule has 0 amide bonds. The second-order valence-electron chi connectivity index (χ2n) is 2.59. The molecule has 0 aliphatic carbocycles. The largest absolute Gasteiger partial charge is 0.442 e. The number of carbonyl (C=O) groups excluding carboxylic acids is 1. The number of hydrogen-bond donors (Lipinski definition) is 0. The van der Waals surface area contributed by atoms with Crippen LogP contribution in [0.25, 0.3) is 0 Å². The Morgan fingerprint density at radius 2 is 2.42 bits per heavy atom.